The van der Waals surface area contributed by atoms with Gasteiger partial charge in [0.15, 0.2) is 0 Å². The van der Waals surface area contributed by atoms with E-state index in [-0.39, 0.29) is 5.92 Å². The zero-order valence-electron chi connectivity index (χ0n) is 11.2. The van der Waals surface area contributed by atoms with Crippen molar-refractivity contribution in [3.8, 4) is 5.88 Å². The highest BCUT2D eigenvalue weighted by Gasteiger charge is 2.38. The topological polar surface area (TPSA) is 75.5 Å². The molecule has 19 heavy (non-hydrogen) atoms. The van der Waals surface area contributed by atoms with Crippen LogP contribution in [0, 0.1) is 5.92 Å². The molecule has 1 aromatic heterocycles. The maximum atomic E-state index is 11.3. The summed E-state index contributed by atoms with van der Waals surface area (Å²) in [5.41, 5.74) is 0. The van der Waals surface area contributed by atoms with Crippen molar-refractivity contribution >= 4 is 11.9 Å². The van der Waals surface area contributed by atoms with Crippen molar-refractivity contribution in [1.82, 2.24) is 9.97 Å². The summed E-state index contributed by atoms with van der Waals surface area (Å²) in [4.78, 5) is 21.5. The third kappa shape index (κ3) is 2.94. The monoisotopic (exact) mass is 265 g/mol. The smallest absolute Gasteiger partial charge is 0.326 e. The molecule has 1 fully saturated rings. The molecule has 0 radical (unpaired) electrons. The number of nitrogens with zero attached hydrogens (tertiary/aromatic N) is 3. The van der Waals surface area contributed by atoms with Crippen LogP contribution in [0.3, 0.4) is 0 Å². The SMILES string of the molecule is CCCOc1ccnc(N2CCC(C)C2C(=O)O)n1. The number of hydrogen-bond donors (Lipinski definition) is 1. The van der Waals surface area contributed by atoms with E-state index in [2.05, 4.69) is 9.97 Å². The van der Waals surface area contributed by atoms with E-state index in [1.54, 1.807) is 17.2 Å². The number of anilines is 1. The first-order valence-corrected chi connectivity index (χ1v) is 6.58. The number of carboxylic acids is 1. The van der Waals surface area contributed by atoms with Gasteiger partial charge >= 0.3 is 5.97 Å². The highest BCUT2D eigenvalue weighted by atomic mass is 16.5. The van der Waals surface area contributed by atoms with Crippen molar-refractivity contribution in [2.75, 3.05) is 18.1 Å². The van der Waals surface area contributed by atoms with Gasteiger partial charge in [0, 0.05) is 18.8 Å². The van der Waals surface area contributed by atoms with Crippen LogP contribution in [0.25, 0.3) is 0 Å². The van der Waals surface area contributed by atoms with Gasteiger partial charge in [0.05, 0.1) is 6.61 Å². The number of aromatic nitrogens is 2. The Morgan fingerprint density at radius 1 is 1.63 bits per heavy atom. The molecule has 0 bridgehead atoms. The van der Waals surface area contributed by atoms with Gasteiger partial charge in [-0.3, -0.25) is 0 Å². The summed E-state index contributed by atoms with van der Waals surface area (Å²) in [5, 5.41) is 9.30. The zero-order valence-corrected chi connectivity index (χ0v) is 11.2. The molecule has 1 aliphatic rings. The predicted octanol–water partition coefficient (Wildman–Crippen LogP) is 1.56. The van der Waals surface area contributed by atoms with Crippen LogP contribution in [-0.4, -0.2) is 40.2 Å². The molecule has 6 heteroatoms. The molecule has 104 valence electrons. The normalized spacial score (nSPS) is 22.5. The van der Waals surface area contributed by atoms with E-state index in [9.17, 15) is 9.90 Å². The highest BCUT2D eigenvalue weighted by molar-refractivity contribution is 5.78. The van der Waals surface area contributed by atoms with E-state index in [0.29, 0.717) is 25.0 Å². The summed E-state index contributed by atoms with van der Waals surface area (Å²) in [6.07, 6.45) is 3.34. The van der Waals surface area contributed by atoms with E-state index < -0.39 is 12.0 Å². The van der Waals surface area contributed by atoms with Gasteiger partial charge in [-0.1, -0.05) is 13.8 Å². The van der Waals surface area contributed by atoms with Crippen molar-refractivity contribution in [3.63, 3.8) is 0 Å². The molecule has 6 nitrogen and oxygen atoms in total. The van der Waals surface area contributed by atoms with Gasteiger partial charge in [-0.05, 0) is 18.8 Å². The van der Waals surface area contributed by atoms with Gasteiger partial charge in [0.25, 0.3) is 0 Å². The van der Waals surface area contributed by atoms with Gasteiger partial charge in [-0.15, -0.1) is 0 Å². The predicted molar refractivity (Wildman–Crippen MR) is 70.4 cm³/mol. The number of carbonyl (C=O) groups is 1. The third-order valence-electron chi connectivity index (χ3n) is 3.28. The first-order chi connectivity index (χ1) is 9.13. The fraction of sp³-hybridized carbons (Fsp3) is 0.615. The number of ether oxygens (including phenoxy) is 1. The maximum absolute atomic E-state index is 11.3. The number of carboxylic acid groups (broad SMARTS) is 1. The summed E-state index contributed by atoms with van der Waals surface area (Å²) in [7, 11) is 0. The lowest BCUT2D eigenvalue weighted by Crippen LogP contribution is -2.40. The lowest BCUT2D eigenvalue weighted by molar-refractivity contribution is -0.139. The van der Waals surface area contributed by atoms with Crippen LogP contribution < -0.4 is 9.64 Å². The average Bonchev–Trinajstić information content (AvgIpc) is 2.79. The van der Waals surface area contributed by atoms with E-state index >= 15 is 0 Å². The summed E-state index contributed by atoms with van der Waals surface area (Å²) in [6, 6.07) is 1.13. The molecular weight excluding hydrogens is 246 g/mol. The summed E-state index contributed by atoms with van der Waals surface area (Å²) < 4.78 is 5.45. The minimum absolute atomic E-state index is 0.0984. The van der Waals surface area contributed by atoms with Crippen molar-refractivity contribution in [2.24, 2.45) is 5.92 Å². The molecule has 2 atom stereocenters. The molecule has 2 heterocycles. The Morgan fingerprint density at radius 2 is 2.42 bits per heavy atom. The average molecular weight is 265 g/mol. The Bertz CT molecular complexity index is 453. The van der Waals surface area contributed by atoms with Crippen molar-refractivity contribution in [1.29, 1.82) is 0 Å². The maximum Gasteiger partial charge on any atom is 0.326 e. The first-order valence-electron chi connectivity index (χ1n) is 6.58. The second-order valence-electron chi connectivity index (χ2n) is 4.79. The second-order valence-corrected chi connectivity index (χ2v) is 4.79. The lowest BCUT2D eigenvalue weighted by atomic mass is 10.0. The molecule has 1 aromatic rings. The quantitative estimate of drug-likeness (QED) is 0.870. The summed E-state index contributed by atoms with van der Waals surface area (Å²) >= 11 is 0. The summed E-state index contributed by atoms with van der Waals surface area (Å²) in [5.74, 6) is 0.204. The fourth-order valence-corrected chi connectivity index (χ4v) is 2.31. The fourth-order valence-electron chi connectivity index (χ4n) is 2.31. The van der Waals surface area contributed by atoms with Crippen LogP contribution in [0.2, 0.25) is 0 Å². The van der Waals surface area contributed by atoms with Gasteiger partial charge in [-0.25, -0.2) is 9.78 Å². The minimum Gasteiger partial charge on any atom is -0.480 e. The van der Waals surface area contributed by atoms with Crippen LogP contribution >= 0.6 is 0 Å². The van der Waals surface area contributed by atoms with Gasteiger partial charge in [0.1, 0.15) is 6.04 Å². The van der Waals surface area contributed by atoms with E-state index in [1.807, 2.05) is 13.8 Å². The Morgan fingerprint density at radius 3 is 3.11 bits per heavy atom. The molecule has 2 rings (SSSR count). The van der Waals surface area contributed by atoms with Gasteiger partial charge < -0.3 is 14.7 Å². The van der Waals surface area contributed by atoms with Gasteiger partial charge in [0.2, 0.25) is 11.8 Å². The van der Waals surface area contributed by atoms with Crippen LogP contribution in [0.15, 0.2) is 12.3 Å². The largest absolute Gasteiger partial charge is 0.480 e. The van der Waals surface area contributed by atoms with Gasteiger partial charge in [-0.2, -0.15) is 4.98 Å². The molecule has 0 spiro atoms. The second kappa shape index (κ2) is 5.86. The van der Waals surface area contributed by atoms with Crippen LogP contribution in [0.4, 0.5) is 5.95 Å². The standard InChI is InChI=1S/C13H19N3O3/c1-3-8-19-10-4-6-14-13(15-10)16-7-5-9(2)11(16)12(17)18/h4,6,9,11H,3,5,7-8H2,1-2H3,(H,17,18). The number of rotatable bonds is 5. The first kappa shape index (κ1) is 13.6. The third-order valence-corrected chi connectivity index (χ3v) is 3.28. The molecule has 0 saturated carbocycles. The van der Waals surface area contributed by atoms with Crippen molar-refractivity contribution < 1.29 is 14.6 Å². The Balaban J connectivity index is 2.19. The lowest BCUT2D eigenvalue weighted by Gasteiger charge is -2.23. The van der Waals surface area contributed by atoms with E-state index in [1.165, 1.54) is 0 Å². The van der Waals surface area contributed by atoms with Crippen molar-refractivity contribution in [2.45, 2.75) is 32.7 Å². The Labute approximate surface area is 112 Å². The number of hydrogen-bond acceptors (Lipinski definition) is 5. The summed E-state index contributed by atoms with van der Waals surface area (Å²) in [6.45, 7) is 5.21. The molecular formula is C13H19N3O3. The molecule has 2 unspecified atom stereocenters. The Hall–Kier alpha value is -1.85. The zero-order chi connectivity index (χ0) is 13.8. The molecule has 0 amide bonds. The molecule has 1 N–H and O–H groups in total. The van der Waals surface area contributed by atoms with Crippen molar-refractivity contribution in [3.05, 3.63) is 12.3 Å². The number of aliphatic carboxylic acids is 1. The van der Waals surface area contributed by atoms with Crippen LogP contribution in [-0.2, 0) is 4.79 Å². The van der Waals surface area contributed by atoms with E-state index in [0.717, 1.165) is 12.8 Å². The molecule has 0 aliphatic carbocycles. The minimum atomic E-state index is -0.825. The Kier molecular flexibility index (Phi) is 4.19. The molecule has 0 aromatic carbocycles. The molecule has 1 saturated heterocycles. The van der Waals surface area contributed by atoms with E-state index in [4.69, 9.17) is 4.74 Å². The van der Waals surface area contributed by atoms with Crippen LogP contribution in [0.1, 0.15) is 26.7 Å². The molecule has 1 aliphatic heterocycles. The highest BCUT2D eigenvalue weighted by Crippen LogP contribution is 2.28. The van der Waals surface area contributed by atoms with Crippen LogP contribution in [0.5, 0.6) is 5.88 Å².